The first kappa shape index (κ1) is 16.6. The molecule has 1 unspecified atom stereocenters. The van der Waals surface area contributed by atoms with Gasteiger partial charge in [0, 0.05) is 0 Å². The van der Waals surface area contributed by atoms with Gasteiger partial charge in [0.15, 0.2) is 0 Å². The summed E-state index contributed by atoms with van der Waals surface area (Å²) in [6.45, 7) is 8.43. The summed E-state index contributed by atoms with van der Waals surface area (Å²) in [6, 6.07) is 0. The van der Waals surface area contributed by atoms with Gasteiger partial charge in [0.25, 0.3) is 0 Å². The van der Waals surface area contributed by atoms with Gasteiger partial charge in [-0.05, 0) is 64.5 Å². The second kappa shape index (κ2) is 7.84. The van der Waals surface area contributed by atoms with Crippen LogP contribution in [0.3, 0.4) is 0 Å². The molecule has 0 N–H and O–H groups in total. The molecule has 96 valence electrons. The Labute approximate surface area is 116 Å². The van der Waals surface area contributed by atoms with Crippen molar-refractivity contribution in [3.8, 4) is 0 Å². The van der Waals surface area contributed by atoms with E-state index in [4.69, 9.17) is 0 Å². The Kier molecular flexibility index (Phi) is 7.65. The molecule has 0 rings (SSSR count). The minimum atomic E-state index is -0.0855. The van der Waals surface area contributed by atoms with Gasteiger partial charge in [-0.25, -0.2) is 9.98 Å². The molecule has 0 aromatic rings. The van der Waals surface area contributed by atoms with Crippen LogP contribution in [-0.2, 0) is 0 Å². The van der Waals surface area contributed by atoms with Crippen LogP contribution in [0.4, 0.5) is 0 Å². The summed E-state index contributed by atoms with van der Waals surface area (Å²) in [7, 11) is 0. The number of rotatable bonds is 8. The number of isothiocyanates is 2. The van der Waals surface area contributed by atoms with E-state index in [1.807, 2.05) is 0 Å². The summed E-state index contributed by atoms with van der Waals surface area (Å²) in [5, 5.41) is 4.97. The molecular formula is C13H22N2S2. The zero-order valence-electron chi connectivity index (χ0n) is 11.2. The van der Waals surface area contributed by atoms with Gasteiger partial charge in [0.05, 0.1) is 21.4 Å². The fourth-order valence-electron chi connectivity index (χ4n) is 1.66. The van der Waals surface area contributed by atoms with Gasteiger partial charge < -0.3 is 0 Å². The van der Waals surface area contributed by atoms with E-state index >= 15 is 0 Å². The van der Waals surface area contributed by atoms with Crippen LogP contribution in [0.1, 0.15) is 59.8 Å². The molecule has 0 aliphatic rings. The molecule has 0 heterocycles. The molecule has 1 atom stereocenters. The minimum absolute atomic E-state index is 0.0424. The lowest BCUT2D eigenvalue weighted by molar-refractivity contribution is 0.381. The van der Waals surface area contributed by atoms with Gasteiger partial charge in [0.1, 0.15) is 0 Å². The minimum Gasteiger partial charge on any atom is -0.226 e. The summed E-state index contributed by atoms with van der Waals surface area (Å²) in [5.41, 5.74) is -0.128. The monoisotopic (exact) mass is 270 g/mol. The maximum atomic E-state index is 4.69. The quantitative estimate of drug-likeness (QED) is 0.363. The zero-order valence-corrected chi connectivity index (χ0v) is 12.9. The predicted octanol–water partition coefficient (Wildman–Crippen LogP) is 4.70. The molecular weight excluding hydrogens is 248 g/mol. The third-order valence-electron chi connectivity index (χ3n) is 3.18. The zero-order chi connectivity index (χ0) is 13.4. The second-order valence-corrected chi connectivity index (χ2v) is 5.64. The molecule has 0 aliphatic carbocycles. The average Bonchev–Trinajstić information content (AvgIpc) is 2.25. The third kappa shape index (κ3) is 7.51. The molecule has 0 spiro atoms. The van der Waals surface area contributed by atoms with Gasteiger partial charge >= 0.3 is 0 Å². The van der Waals surface area contributed by atoms with Crippen molar-refractivity contribution in [3.05, 3.63) is 0 Å². The molecule has 0 bridgehead atoms. The standard InChI is InChI=1S/C13H22N2S2/c1-5-13(4,15-11-17)9-7-6-8-12(2,3)14-10-16/h5-9H2,1-4H3. The molecule has 2 nitrogen and oxygen atoms in total. The summed E-state index contributed by atoms with van der Waals surface area (Å²) in [6.07, 6.45) is 5.32. The highest BCUT2D eigenvalue weighted by molar-refractivity contribution is 7.78. The van der Waals surface area contributed by atoms with Crippen LogP contribution < -0.4 is 0 Å². The smallest absolute Gasteiger partial charge is 0.0680 e. The van der Waals surface area contributed by atoms with Crippen molar-refractivity contribution < 1.29 is 0 Å². The third-order valence-corrected chi connectivity index (χ3v) is 3.36. The average molecular weight is 270 g/mol. The van der Waals surface area contributed by atoms with Gasteiger partial charge in [-0.3, -0.25) is 0 Å². The first-order valence-corrected chi connectivity index (χ1v) is 6.89. The van der Waals surface area contributed by atoms with Crippen LogP contribution in [0.15, 0.2) is 9.98 Å². The number of unbranched alkanes of at least 4 members (excludes halogenated alkanes) is 1. The SMILES string of the molecule is CCC(C)(CCCCC(C)(C)N=C=S)N=C=S. The molecule has 0 aromatic heterocycles. The van der Waals surface area contributed by atoms with Crippen molar-refractivity contribution in [3.63, 3.8) is 0 Å². The predicted molar refractivity (Wildman–Crippen MR) is 81.3 cm³/mol. The first-order chi connectivity index (χ1) is 7.89. The van der Waals surface area contributed by atoms with Gasteiger partial charge in [-0.2, -0.15) is 0 Å². The fraction of sp³-hybridized carbons (Fsp3) is 0.846. The Bertz CT molecular complexity index is 326. The maximum Gasteiger partial charge on any atom is 0.0680 e. The van der Waals surface area contributed by atoms with Gasteiger partial charge in [-0.15, -0.1) is 0 Å². The highest BCUT2D eigenvalue weighted by Crippen LogP contribution is 2.25. The van der Waals surface area contributed by atoms with Crippen LogP contribution in [0.2, 0.25) is 0 Å². The fourth-order valence-corrected chi connectivity index (χ4v) is 2.13. The molecule has 0 saturated carbocycles. The van der Waals surface area contributed by atoms with Crippen LogP contribution in [0.5, 0.6) is 0 Å². The molecule has 17 heavy (non-hydrogen) atoms. The van der Waals surface area contributed by atoms with Crippen molar-refractivity contribution >= 4 is 34.8 Å². The van der Waals surface area contributed by atoms with Crippen LogP contribution in [-0.4, -0.2) is 21.4 Å². The van der Waals surface area contributed by atoms with E-state index in [1.165, 1.54) is 0 Å². The Hall–Kier alpha value is -0.400. The van der Waals surface area contributed by atoms with Crippen molar-refractivity contribution in [1.29, 1.82) is 0 Å². The lowest BCUT2D eigenvalue weighted by Crippen LogP contribution is -2.21. The van der Waals surface area contributed by atoms with E-state index in [0.29, 0.717) is 0 Å². The van der Waals surface area contributed by atoms with Gasteiger partial charge in [0.2, 0.25) is 0 Å². The lowest BCUT2D eigenvalue weighted by atomic mass is 9.90. The maximum absolute atomic E-state index is 4.69. The lowest BCUT2D eigenvalue weighted by Gasteiger charge is -2.23. The molecule has 0 fully saturated rings. The Morgan fingerprint density at radius 2 is 1.47 bits per heavy atom. The Balaban J connectivity index is 4.07. The highest BCUT2D eigenvalue weighted by atomic mass is 32.1. The first-order valence-electron chi connectivity index (χ1n) is 6.07. The summed E-state index contributed by atoms with van der Waals surface area (Å²) >= 11 is 9.33. The Morgan fingerprint density at radius 3 is 1.94 bits per heavy atom. The molecule has 0 radical (unpaired) electrons. The van der Waals surface area contributed by atoms with E-state index < -0.39 is 0 Å². The highest BCUT2D eigenvalue weighted by Gasteiger charge is 2.21. The van der Waals surface area contributed by atoms with Gasteiger partial charge in [-0.1, -0.05) is 19.8 Å². The van der Waals surface area contributed by atoms with E-state index in [9.17, 15) is 0 Å². The number of hydrogen-bond donors (Lipinski definition) is 0. The van der Waals surface area contributed by atoms with Crippen molar-refractivity contribution in [2.45, 2.75) is 70.9 Å². The topological polar surface area (TPSA) is 24.7 Å². The number of hydrogen-bond acceptors (Lipinski definition) is 4. The normalized spacial score (nSPS) is 14.4. The van der Waals surface area contributed by atoms with Crippen molar-refractivity contribution in [2.75, 3.05) is 0 Å². The molecule has 0 saturated heterocycles. The summed E-state index contributed by atoms with van der Waals surface area (Å²) in [5.74, 6) is 0. The Morgan fingerprint density at radius 1 is 0.941 bits per heavy atom. The molecule has 0 aromatic carbocycles. The summed E-state index contributed by atoms with van der Waals surface area (Å²) < 4.78 is 0. The van der Waals surface area contributed by atoms with Crippen LogP contribution in [0.25, 0.3) is 0 Å². The van der Waals surface area contributed by atoms with E-state index in [1.54, 1.807) is 0 Å². The molecule has 0 amide bonds. The number of aliphatic imine (C=N–C) groups is 2. The van der Waals surface area contributed by atoms with Crippen LogP contribution >= 0.6 is 24.4 Å². The largest absolute Gasteiger partial charge is 0.226 e. The van der Waals surface area contributed by atoms with E-state index in [-0.39, 0.29) is 11.1 Å². The van der Waals surface area contributed by atoms with Crippen LogP contribution in [0, 0.1) is 0 Å². The van der Waals surface area contributed by atoms with E-state index in [2.05, 4.69) is 72.4 Å². The molecule has 4 heteroatoms. The number of nitrogens with zero attached hydrogens (tertiary/aromatic N) is 2. The molecule has 0 aliphatic heterocycles. The second-order valence-electron chi connectivity index (χ2n) is 5.28. The number of thiocarbonyl (C=S) groups is 2. The van der Waals surface area contributed by atoms with Crippen molar-refractivity contribution in [1.82, 2.24) is 0 Å². The van der Waals surface area contributed by atoms with E-state index in [0.717, 1.165) is 32.1 Å². The summed E-state index contributed by atoms with van der Waals surface area (Å²) in [4.78, 5) is 8.42. The van der Waals surface area contributed by atoms with Crippen molar-refractivity contribution in [2.24, 2.45) is 9.98 Å².